The molecule has 0 heterocycles. The second-order valence-electron chi connectivity index (χ2n) is 4.32. The summed E-state index contributed by atoms with van der Waals surface area (Å²) >= 11 is 5.78. The first kappa shape index (κ1) is 16.3. The predicted octanol–water partition coefficient (Wildman–Crippen LogP) is 1.43. The molecule has 1 aromatic rings. The predicted molar refractivity (Wildman–Crippen MR) is 76.9 cm³/mol. The minimum atomic E-state index is -3.96. The van der Waals surface area contributed by atoms with E-state index in [9.17, 15) is 13.2 Å². The van der Waals surface area contributed by atoms with Crippen molar-refractivity contribution in [1.29, 1.82) is 5.26 Å². The lowest BCUT2D eigenvalue weighted by Crippen LogP contribution is -2.39. The van der Waals surface area contributed by atoms with Crippen molar-refractivity contribution in [3.05, 3.63) is 28.8 Å². The Hall–Kier alpha value is -1.78. The highest BCUT2D eigenvalue weighted by Crippen LogP contribution is 2.22. The number of hydrogen-bond donors (Lipinski definition) is 1. The maximum Gasteiger partial charge on any atom is 0.244 e. The number of amides is 1. The summed E-state index contributed by atoms with van der Waals surface area (Å²) in [6.45, 7) is 1.28. The number of nitrogens with one attached hydrogen (secondary N) is 1. The van der Waals surface area contributed by atoms with Gasteiger partial charge in [0.1, 0.15) is 6.07 Å². The topological polar surface area (TPSA) is 90.3 Å². The number of halogens is 1. The largest absolute Gasteiger partial charge is 0.348 e. The molecule has 0 saturated heterocycles. The smallest absolute Gasteiger partial charge is 0.244 e. The van der Waals surface area contributed by atoms with Crippen molar-refractivity contribution in [2.24, 2.45) is 0 Å². The van der Waals surface area contributed by atoms with Crippen molar-refractivity contribution >= 4 is 33.2 Å². The van der Waals surface area contributed by atoms with E-state index in [0.717, 1.165) is 0 Å². The monoisotopic (exact) mass is 315 g/mol. The van der Waals surface area contributed by atoms with Crippen molar-refractivity contribution in [3.63, 3.8) is 0 Å². The molecule has 0 aliphatic carbocycles. The van der Waals surface area contributed by atoms with Crippen molar-refractivity contribution in [2.75, 3.05) is 18.8 Å². The van der Waals surface area contributed by atoms with E-state index in [1.807, 2.05) is 6.07 Å². The summed E-state index contributed by atoms with van der Waals surface area (Å²) in [5.41, 5.74) is 0.181. The zero-order valence-electron chi connectivity index (χ0n) is 11.2. The molecule has 0 radical (unpaired) electrons. The lowest BCUT2D eigenvalue weighted by atomic mass is 10.2. The van der Waals surface area contributed by atoms with Gasteiger partial charge in [-0.05, 0) is 25.1 Å². The van der Waals surface area contributed by atoms with Crippen LogP contribution in [0, 0.1) is 11.3 Å². The third-order valence-corrected chi connectivity index (χ3v) is 4.48. The molecule has 108 valence electrons. The van der Waals surface area contributed by atoms with E-state index in [-0.39, 0.29) is 16.3 Å². The van der Waals surface area contributed by atoms with Crippen LogP contribution in [0.25, 0.3) is 0 Å². The highest BCUT2D eigenvalue weighted by molar-refractivity contribution is 7.94. The maximum absolute atomic E-state index is 12.1. The molecule has 0 aliphatic rings. The Morgan fingerprint density at radius 2 is 2.05 bits per heavy atom. The molecule has 0 unspecified atom stereocenters. The number of rotatable bonds is 4. The molecule has 0 aromatic heterocycles. The van der Waals surface area contributed by atoms with Crippen LogP contribution in [-0.2, 0) is 14.8 Å². The number of carbonyl (C=O) groups excluding carboxylic acids is 1. The number of nitrogens with zero attached hydrogens (tertiary/aromatic N) is 2. The van der Waals surface area contributed by atoms with Gasteiger partial charge in [0.15, 0.2) is 5.25 Å². The summed E-state index contributed by atoms with van der Waals surface area (Å²) in [6, 6.07) is 6.06. The molecular weight excluding hydrogens is 302 g/mol. The van der Waals surface area contributed by atoms with Crippen LogP contribution < -0.4 is 4.72 Å². The van der Waals surface area contributed by atoms with Crippen LogP contribution in [0.1, 0.15) is 12.5 Å². The van der Waals surface area contributed by atoms with E-state index < -0.39 is 21.2 Å². The summed E-state index contributed by atoms with van der Waals surface area (Å²) in [5.74, 6) is -0.557. The van der Waals surface area contributed by atoms with Gasteiger partial charge in [-0.1, -0.05) is 11.6 Å². The van der Waals surface area contributed by atoms with Crippen molar-refractivity contribution in [3.8, 4) is 6.07 Å². The first-order valence-electron chi connectivity index (χ1n) is 5.61. The minimum Gasteiger partial charge on any atom is -0.348 e. The number of hydrogen-bond acceptors (Lipinski definition) is 4. The van der Waals surface area contributed by atoms with Gasteiger partial charge in [-0.2, -0.15) is 5.26 Å². The highest BCUT2D eigenvalue weighted by atomic mass is 35.5. The molecule has 1 amide bonds. The van der Waals surface area contributed by atoms with E-state index in [0.29, 0.717) is 0 Å². The highest BCUT2D eigenvalue weighted by Gasteiger charge is 2.29. The van der Waals surface area contributed by atoms with Gasteiger partial charge in [0.2, 0.25) is 15.9 Å². The van der Waals surface area contributed by atoms with Crippen LogP contribution in [-0.4, -0.2) is 38.6 Å². The number of carbonyl (C=O) groups is 1. The van der Waals surface area contributed by atoms with Gasteiger partial charge in [-0.15, -0.1) is 0 Å². The molecule has 0 fully saturated rings. The summed E-state index contributed by atoms with van der Waals surface area (Å²) in [4.78, 5) is 12.9. The van der Waals surface area contributed by atoms with Gasteiger partial charge in [-0.3, -0.25) is 9.52 Å². The van der Waals surface area contributed by atoms with E-state index in [1.54, 1.807) is 0 Å². The lowest BCUT2D eigenvalue weighted by molar-refractivity contribution is -0.127. The second kappa shape index (κ2) is 6.11. The fourth-order valence-corrected chi connectivity index (χ4v) is 2.74. The fourth-order valence-electron chi connectivity index (χ4n) is 1.44. The number of nitriles is 1. The Kier molecular flexibility index (Phi) is 4.98. The van der Waals surface area contributed by atoms with E-state index in [2.05, 4.69) is 4.72 Å². The Morgan fingerprint density at radius 3 is 2.55 bits per heavy atom. The van der Waals surface area contributed by atoms with Gasteiger partial charge < -0.3 is 4.90 Å². The Labute approximate surface area is 123 Å². The Morgan fingerprint density at radius 1 is 1.45 bits per heavy atom. The molecule has 1 rings (SSSR count). The van der Waals surface area contributed by atoms with Crippen LogP contribution >= 0.6 is 11.6 Å². The van der Waals surface area contributed by atoms with E-state index >= 15 is 0 Å². The number of sulfonamides is 1. The molecule has 1 aromatic carbocycles. The molecule has 6 nitrogen and oxygen atoms in total. The van der Waals surface area contributed by atoms with Gasteiger partial charge >= 0.3 is 0 Å². The molecule has 0 bridgehead atoms. The second-order valence-corrected chi connectivity index (χ2v) is 6.76. The third-order valence-electron chi connectivity index (χ3n) is 2.61. The van der Waals surface area contributed by atoms with Crippen LogP contribution in [0.5, 0.6) is 0 Å². The van der Waals surface area contributed by atoms with E-state index in [1.165, 1.54) is 44.1 Å². The molecule has 8 heteroatoms. The average Bonchev–Trinajstić information content (AvgIpc) is 2.36. The van der Waals surface area contributed by atoms with Gasteiger partial charge in [0, 0.05) is 19.1 Å². The molecule has 0 spiro atoms. The molecule has 0 aliphatic heterocycles. The normalized spacial score (nSPS) is 12.3. The van der Waals surface area contributed by atoms with Crippen LogP contribution in [0.3, 0.4) is 0 Å². The Bertz CT molecular complexity index is 665. The summed E-state index contributed by atoms with van der Waals surface area (Å²) < 4.78 is 26.5. The van der Waals surface area contributed by atoms with E-state index in [4.69, 9.17) is 16.9 Å². The fraction of sp³-hybridized carbons (Fsp3) is 0.333. The van der Waals surface area contributed by atoms with Crippen molar-refractivity contribution in [1.82, 2.24) is 4.90 Å². The standard InChI is InChI=1S/C12H14ClN3O3S/c1-8(12(17)16(2)3)20(18,19)15-11-6-10(13)5-4-9(11)7-14/h4-6,8,15H,1-3H3/t8-/m0/s1. The molecule has 0 saturated carbocycles. The summed E-state index contributed by atoms with van der Waals surface area (Å²) in [7, 11) is -1.02. The Balaban J connectivity index is 3.12. The first-order chi connectivity index (χ1) is 9.19. The van der Waals surface area contributed by atoms with Crippen molar-refractivity contribution in [2.45, 2.75) is 12.2 Å². The van der Waals surface area contributed by atoms with Gasteiger partial charge in [-0.25, -0.2) is 8.42 Å². The first-order valence-corrected chi connectivity index (χ1v) is 7.54. The summed E-state index contributed by atoms with van der Waals surface area (Å²) in [5, 5.41) is 7.95. The van der Waals surface area contributed by atoms with Gasteiger partial charge in [0.25, 0.3) is 0 Å². The molecule has 20 heavy (non-hydrogen) atoms. The quantitative estimate of drug-likeness (QED) is 0.910. The SMILES string of the molecule is C[C@@H](C(=O)N(C)C)S(=O)(=O)Nc1cc(Cl)ccc1C#N. The van der Waals surface area contributed by atoms with Crippen LogP contribution in [0.15, 0.2) is 18.2 Å². The minimum absolute atomic E-state index is 0.0541. The zero-order valence-corrected chi connectivity index (χ0v) is 12.8. The molecule has 1 N–H and O–H groups in total. The van der Waals surface area contributed by atoms with Crippen LogP contribution in [0.2, 0.25) is 5.02 Å². The number of anilines is 1. The maximum atomic E-state index is 12.1. The van der Waals surface area contributed by atoms with Gasteiger partial charge in [0.05, 0.1) is 11.3 Å². The molecular formula is C12H14ClN3O3S. The summed E-state index contributed by atoms with van der Waals surface area (Å²) in [6.07, 6.45) is 0. The van der Waals surface area contributed by atoms with Crippen LogP contribution in [0.4, 0.5) is 5.69 Å². The third kappa shape index (κ3) is 3.62. The van der Waals surface area contributed by atoms with Crippen molar-refractivity contribution < 1.29 is 13.2 Å². The average molecular weight is 316 g/mol. The lowest BCUT2D eigenvalue weighted by Gasteiger charge is -2.18. The number of benzene rings is 1. The molecule has 1 atom stereocenters. The zero-order chi connectivity index (χ0) is 15.5.